The van der Waals surface area contributed by atoms with E-state index in [0.29, 0.717) is 0 Å². The van der Waals surface area contributed by atoms with Gasteiger partial charge in [-0.3, -0.25) is 0 Å². The van der Waals surface area contributed by atoms with Gasteiger partial charge >= 0.3 is 0 Å². The van der Waals surface area contributed by atoms with Crippen LogP contribution in [0, 0.1) is 0 Å². The van der Waals surface area contributed by atoms with Gasteiger partial charge in [-0.2, -0.15) is 0 Å². The Labute approximate surface area is 104 Å². The Morgan fingerprint density at radius 3 is 2.81 bits per heavy atom. The summed E-state index contributed by atoms with van der Waals surface area (Å²) < 4.78 is 12.2. The fourth-order valence-electron chi connectivity index (χ4n) is 1.91. The number of ether oxygens (including phenoxy) is 2. The fourth-order valence-corrected chi connectivity index (χ4v) is 2.25. The first-order valence-corrected chi connectivity index (χ1v) is 6.17. The third-order valence-corrected chi connectivity index (χ3v) is 3.26. The van der Waals surface area contributed by atoms with Crippen LogP contribution in [0.5, 0.6) is 11.5 Å². The van der Waals surface area contributed by atoms with Gasteiger partial charge in [-0.15, -0.1) is 0 Å². The summed E-state index contributed by atoms with van der Waals surface area (Å²) in [6.07, 6.45) is 1.35. The second-order valence-corrected chi connectivity index (χ2v) is 5.00. The Kier molecular flexibility index (Phi) is 3.71. The van der Waals surface area contributed by atoms with Crippen LogP contribution in [-0.4, -0.2) is 38.3 Å². The molecule has 0 spiro atoms. The number of benzene rings is 1. The topological polar surface area (TPSA) is 21.7 Å². The van der Waals surface area contributed by atoms with Gasteiger partial charge < -0.3 is 14.4 Å². The minimum absolute atomic E-state index is 0.271. The highest BCUT2D eigenvalue weighted by Crippen LogP contribution is 2.32. The summed E-state index contributed by atoms with van der Waals surface area (Å²) in [5.41, 5.74) is 0. The lowest BCUT2D eigenvalue weighted by Gasteiger charge is -2.16. The summed E-state index contributed by atoms with van der Waals surface area (Å²) in [6.45, 7) is 2.08. The van der Waals surface area contributed by atoms with E-state index in [9.17, 15) is 0 Å². The third kappa shape index (κ3) is 2.68. The average Bonchev–Trinajstić information content (AvgIpc) is 2.64. The van der Waals surface area contributed by atoms with Gasteiger partial charge in [0.1, 0.15) is 6.10 Å². The number of halogens is 1. The minimum Gasteiger partial charge on any atom is -0.493 e. The van der Waals surface area contributed by atoms with Crippen molar-refractivity contribution in [2.24, 2.45) is 0 Å². The lowest BCUT2D eigenvalue weighted by atomic mass is 10.3. The molecular formula is C12H16BrNO2. The molecule has 0 aromatic heterocycles. The molecule has 1 heterocycles. The zero-order valence-electron chi connectivity index (χ0n) is 9.57. The van der Waals surface area contributed by atoms with Crippen molar-refractivity contribution in [3.8, 4) is 11.5 Å². The van der Waals surface area contributed by atoms with E-state index in [-0.39, 0.29) is 6.10 Å². The van der Waals surface area contributed by atoms with E-state index in [2.05, 4.69) is 27.9 Å². The van der Waals surface area contributed by atoms with Crippen LogP contribution in [0.3, 0.4) is 0 Å². The molecule has 0 unspecified atom stereocenters. The Bertz CT molecular complexity index is 370. The zero-order chi connectivity index (χ0) is 11.5. The summed E-state index contributed by atoms with van der Waals surface area (Å²) in [5, 5.41) is 0. The van der Waals surface area contributed by atoms with Crippen molar-refractivity contribution >= 4 is 15.9 Å². The van der Waals surface area contributed by atoms with Crippen molar-refractivity contribution in [2.45, 2.75) is 12.5 Å². The van der Waals surface area contributed by atoms with E-state index in [1.807, 2.05) is 18.2 Å². The largest absolute Gasteiger partial charge is 0.493 e. The maximum atomic E-state index is 5.95. The molecule has 0 aliphatic carbocycles. The molecule has 0 saturated carbocycles. The van der Waals surface area contributed by atoms with E-state index < -0.39 is 0 Å². The fraction of sp³-hybridized carbons (Fsp3) is 0.500. The normalized spacial score (nSPS) is 21.1. The molecule has 0 N–H and O–H groups in total. The highest BCUT2D eigenvalue weighted by Gasteiger charge is 2.22. The number of nitrogens with zero attached hydrogens (tertiary/aromatic N) is 1. The first-order valence-electron chi connectivity index (χ1n) is 5.38. The van der Waals surface area contributed by atoms with Crippen molar-refractivity contribution in [3.63, 3.8) is 0 Å². The van der Waals surface area contributed by atoms with Crippen molar-refractivity contribution in [1.29, 1.82) is 0 Å². The van der Waals surface area contributed by atoms with Gasteiger partial charge in [0, 0.05) is 17.6 Å². The molecule has 1 atom stereocenters. The van der Waals surface area contributed by atoms with Crippen LogP contribution in [0.15, 0.2) is 22.7 Å². The van der Waals surface area contributed by atoms with E-state index >= 15 is 0 Å². The molecule has 1 aromatic rings. The SMILES string of the molecule is COc1ccc(Br)cc1O[C@@H]1CCN(C)C1. The molecule has 3 nitrogen and oxygen atoms in total. The second kappa shape index (κ2) is 5.06. The van der Waals surface area contributed by atoms with Crippen LogP contribution in [0.25, 0.3) is 0 Å². The van der Waals surface area contributed by atoms with Crippen LogP contribution in [0.4, 0.5) is 0 Å². The number of likely N-dealkylation sites (N-methyl/N-ethyl adjacent to an activating group) is 1. The maximum Gasteiger partial charge on any atom is 0.162 e. The van der Waals surface area contributed by atoms with E-state index in [1.54, 1.807) is 7.11 Å². The summed E-state index contributed by atoms with van der Waals surface area (Å²) >= 11 is 3.44. The lowest BCUT2D eigenvalue weighted by Crippen LogP contribution is -2.21. The molecule has 1 aliphatic heterocycles. The monoisotopic (exact) mass is 285 g/mol. The Morgan fingerprint density at radius 1 is 1.38 bits per heavy atom. The average molecular weight is 286 g/mol. The molecule has 4 heteroatoms. The van der Waals surface area contributed by atoms with Crippen LogP contribution < -0.4 is 9.47 Å². The van der Waals surface area contributed by atoms with Crippen LogP contribution >= 0.6 is 15.9 Å². The predicted molar refractivity (Wildman–Crippen MR) is 67.2 cm³/mol. The standard InChI is InChI=1S/C12H16BrNO2/c1-14-6-5-10(8-14)16-12-7-9(13)3-4-11(12)15-2/h3-4,7,10H,5-6,8H2,1-2H3/t10-/m1/s1. The highest BCUT2D eigenvalue weighted by atomic mass is 79.9. The van der Waals surface area contributed by atoms with Gasteiger partial charge in [-0.1, -0.05) is 15.9 Å². The Hall–Kier alpha value is -0.740. The van der Waals surface area contributed by atoms with Crippen molar-refractivity contribution in [3.05, 3.63) is 22.7 Å². The zero-order valence-corrected chi connectivity index (χ0v) is 11.2. The molecule has 1 fully saturated rings. The lowest BCUT2D eigenvalue weighted by molar-refractivity contribution is 0.199. The molecule has 1 saturated heterocycles. The first-order chi connectivity index (χ1) is 7.69. The van der Waals surface area contributed by atoms with Crippen molar-refractivity contribution in [2.75, 3.05) is 27.2 Å². The molecule has 2 rings (SSSR count). The van der Waals surface area contributed by atoms with Crippen LogP contribution in [0.2, 0.25) is 0 Å². The third-order valence-electron chi connectivity index (χ3n) is 2.77. The second-order valence-electron chi connectivity index (χ2n) is 4.09. The summed E-state index contributed by atoms with van der Waals surface area (Å²) in [6, 6.07) is 5.82. The number of rotatable bonds is 3. The molecule has 0 bridgehead atoms. The first kappa shape index (κ1) is 11.7. The molecule has 88 valence electrons. The summed E-state index contributed by atoms with van der Waals surface area (Å²) in [5.74, 6) is 1.61. The molecule has 0 radical (unpaired) electrons. The number of likely N-dealkylation sites (tertiary alicyclic amines) is 1. The van der Waals surface area contributed by atoms with Crippen molar-refractivity contribution in [1.82, 2.24) is 4.90 Å². The predicted octanol–water partition coefficient (Wildman–Crippen LogP) is 2.54. The van der Waals surface area contributed by atoms with E-state index in [4.69, 9.17) is 9.47 Å². The highest BCUT2D eigenvalue weighted by molar-refractivity contribution is 9.10. The van der Waals surface area contributed by atoms with Crippen LogP contribution in [-0.2, 0) is 0 Å². The smallest absolute Gasteiger partial charge is 0.162 e. The maximum absolute atomic E-state index is 5.95. The number of hydrogen-bond acceptors (Lipinski definition) is 3. The summed E-state index contributed by atoms with van der Waals surface area (Å²) in [7, 11) is 3.78. The number of hydrogen-bond donors (Lipinski definition) is 0. The van der Waals surface area contributed by atoms with Gasteiger partial charge in [-0.25, -0.2) is 0 Å². The van der Waals surface area contributed by atoms with Gasteiger partial charge in [0.15, 0.2) is 11.5 Å². The molecule has 1 aromatic carbocycles. The Balaban J connectivity index is 2.10. The Morgan fingerprint density at radius 2 is 2.19 bits per heavy atom. The summed E-state index contributed by atoms with van der Waals surface area (Å²) in [4.78, 5) is 2.27. The molecule has 1 aliphatic rings. The van der Waals surface area contributed by atoms with Crippen molar-refractivity contribution < 1.29 is 9.47 Å². The number of methoxy groups -OCH3 is 1. The van der Waals surface area contributed by atoms with Gasteiger partial charge in [0.25, 0.3) is 0 Å². The molecule has 16 heavy (non-hydrogen) atoms. The van der Waals surface area contributed by atoms with Gasteiger partial charge in [0.2, 0.25) is 0 Å². The molecular weight excluding hydrogens is 270 g/mol. The van der Waals surface area contributed by atoms with Gasteiger partial charge in [0.05, 0.1) is 7.11 Å². The van der Waals surface area contributed by atoms with Gasteiger partial charge in [-0.05, 0) is 31.7 Å². The molecule has 0 amide bonds. The van der Waals surface area contributed by atoms with E-state index in [1.165, 1.54) is 0 Å². The van der Waals surface area contributed by atoms with E-state index in [0.717, 1.165) is 35.5 Å². The minimum atomic E-state index is 0.271. The quantitative estimate of drug-likeness (QED) is 0.852. The van der Waals surface area contributed by atoms with Crippen LogP contribution in [0.1, 0.15) is 6.42 Å².